The zero-order chi connectivity index (χ0) is 17.2. The van der Waals surface area contributed by atoms with Crippen LogP contribution in [0.2, 0.25) is 0 Å². The number of hydrogen-bond acceptors (Lipinski definition) is 5. The van der Waals surface area contributed by atoms with E-state index in [1.54, 1.807) is 35.6 Å². The van der Waals surface area contributed by atoms with Gasteiger partial charge in [0.1, 0.15) is 18.4 Å². The Hall–Kier alpha value is -2.96. The molecule has 0 spiro atoms. The Bertz CT molecular complexity index is 844. The van der Waals surface area contributed by atoms with Crippen molar-refractivity contribution in [2.75, 3.05) is 6.54 Å². The SMILES string of the molecule is C[C@@H]1CCN(C(=O)c2ccnc(-n3cncn3)c2)[C@H](c2ccco2)C1. The Labute approximate surface area is 145 Å². The molecule has 1 fully saturated rings. The molecule has 1 aliphatic rings. The van der Waals surface area contributed by atoms with Crippen molar-refractivity contribution in [2.24, 2.45) is 5.92 Å². The lowest BCUT2D eigenvalue weighted by Crippen LogP contribution is -2.40. The number of carbonyl (C=O) groups excluding carboxylic acids is 1. The lowest BCUT2D eigenvalue weighted by Gasteiger charge is -2.37. The number of nitrogens with zero attached hydrogens (tertiary/aromatic N) is 5. The Morgan fingerprint density at radius 1 is 1.36 bits per heavy atom. The number of hydrogen-bond donors (Lipinski definition) is 0. The third kappa shape index (κ3) is 3.05. The number of aromatic nitrogens is 4. The van der Waals surface area contributed by atoms with Gasteiger partial charge in [-0.05, 0) is 43.0 Å². The van der Waals surface area contributed by atoms with Gasteiger partial charge in [0.25, 0.3) is 5.91 Å². The molecule has 2 atom stereocenters. The fourth-order valence-electron chi connectivity index (χ4n) is 3.30. The van der Waals surface area contributed by atoms with Crippen LogP contribution in [0.1, 0.15) is 41.9 Å². The Morgan fingerprint density at radius 3 is 3.04 bits per heavy atom. The van der Waals surface area contributed by atoms with Crippen molar-refractivity contribution in [3.8, 4) is 5.82 Å². The van der Waals surface area contributed by atoms with Gasteiger partial charge in [-0.3, -0.25) is 4.79 Å². The summed E-state index contributed by atoms with van der Waals surface area (Å²) in [5.41, 5.74) is 0.589. The smallest absolute Gasteiger partial charge is 0.254 e. The third-order valence-corrected chi connectivity index (χ3v) is 4.64. The summed E-state index contributed by atoms with van der Waals surface area (Å²) in [6.07, 6.45) is 8.18. The molecule has 3 aromatic heterocycles. The van der Waals surface area contributed by atoms with Crippen LogP contribution in [0.5, 0.6) is 0 Å². The van der Waals surface area contributed by atoms with E-state index in [1.807, 2.05) is 17.0 Å². The molecule has 1 amide bonds. The molecule has 4 heterocycles. The van der Waals surface area contributed by atoms with Crippen LogP contribution in [-0.2, 0) is 0 Å². The van der Waals surface area contributed by atoms with E-state index in [9.17, 15) is 4.79 Å². The van der Waals surface area contributed by atoms with Gasteiger partial charge in [-0.25, -0.2) is 14.6 Å². The standard InChI is InChI=1S/C18H19N5O2/c1-13-5-7-22(15(9-13)16-3-2-8-25-16)18(24)14-4-6-20-17(10-14)23-12-19-11-21-23/h2-4,6,8,10-13,15H,5,7,9H2,1H3/t13-,15+/m1/s1. The van der Waals surface area contributed by atoms with Crippen molar-refractivity contribution in [1.82, 2.24) is 24.6 Å². The average molecular weight is 337 g/mol. The molecule has 25 heavy (non-hydrogen) atoms. The van der Waals surface area contributed by atoms with E-state index in [0.29, 0.717) is 23.8 Å². The first-order chi connectivity index (χ1) is 12.2. The zero-order valence-corrected chi connectivity index (χ0v) is 13.9. The molecule has 0 radical (unpaired) electrons. The van der Waals surface area contributed by atoms with Crippen LogP contribution < -0.4 is 0 Å². The van der Waals surface area contributed by atoms with Crippen LogP contribution in [0.3, 0.4) is 0 Å². The molecular weight excluding hydrogens is 318 g/mol. The molecule has 4 rings (SSSR count). The van der Waals surface area contributed by atoms with E-state index in [4.69, 9.17) is 4.42 Å². The van der Waals surface area contributed by atoms with Crippen LogP contribution in [0.25, 0.3) is 5.82 Å². The summed E-state index contributed by atoms with van der Waals surface area (Å²) in [7, 11) is 0. The van der Waals surface area contributed by atoms with Gasteiger partial charge < -0.3 is 9.32 Å². The maximum atomic E-state index is 13.1. The predicted molar refractivity (Wildman–Crippen MR) is 90.0 cm³/mol. The zero-order valence-electron chi connectivity index (χ0n) is 13.9. The number of piperidine rings is 1. The first kappa shape index (κ1) is 15.6. The molecule has 1 saturated heterocycles. The second-order valence-corrected chi connectivity index (χ2v) is 6.40. The van der Waals surface area contributed by atoms with Crippen LogP contribution in [0.15, 0.2) is 53.8 Å². The summed E-state index contributed by atoms with van der Waals surface area (Å²) in [6.45, 7) is 2.93. The van der Waals surface area contributed by atoms with Crippen LogP contribution in [0.4, 0.5) is 0 Å². The molecule has 7 heteroatoms. The van der Waals surface area contributed by atoms with Gasteiger partial charge in [0.2, 0.25) is 0 Å². The molecule has 0 aliphatic carbocycles. The summed E-state index contributed by atoms with van der Waals surface area (Å²) in [6, 6.07) is 7.26. The number of rotatable bonds is 3. The summed E-state index contributed by atoms with van der Waals surface area (Å²) in [5, 5.41) is 4.07. The second kappa shape index (κ2) is 6.51. The summed E-state index contributed by atoms with van der Waals surface area (Å²) < 4.78 is 7.13. The minimum absolute atomic E-state index is 0.0166. The molecule has 0 unspecified atom stereocenters. The first-order valence-corrected chi connectivity index (χ1v) is 8.38. The number of carbonyl (C=O) groups is 1. The van der Waals surface area contributed by atoms with E-state index in [-0.39, 0.29) is 11.9 Å². The molecule has 1 aliphatic heterocycles. The van der Waals surface area contributed by atoms with E-state index >= 15 is 0 Å². The van der Waals surface area contributed by atoms with Crippen LogP contribution in [0, 0.1) is 5.92 Å². The van der Waals surface area contributed by atoms with Gasteiger partial charge in [0.15, 0.2) is 5.82 Å². The van der Waals surface area contributed by atoms with E-state index in [0.717, 1.165) is 18.6 Å². The Balaban J connectivity index is 1.64. The van der Waals surface area contributed by atoms with E-state index < -0.39 is 0 Å². The minimum atomic E-state index is -0.0331. The molecule has 0 aromatic carbocycles. The highest BCUT2D eigenvalue weighted by Gasteiger charge is 2.33. The van der Waals surface area contributed by atoms with Crippen molar-refractivity contribution in [2.45, 2.75) is 25.8 Å². The minimum Gasteiger partial charge on any atom is -0.467 e. The summed E-state index contributed by atoms with van der Waals surface area (Å²) >= 11 is 0. The monoisotopic (exact) mass is 337 g/mol. The largest absolute Gasteiger partial charge is 0.467 e. The van der Waals surface area contributed by atoms with Crippen molar-refractivity contribution in [1.29, 1.82) is 0 Å². The first-order valence-electron chi connectivity index (χ1n) is 8.38. The Kier molecular flexibility index (Phi) is 4.05. The lowest BCUT2D eigenvalue weighted by molar-refractivity contribution is 0.0521. The molecule has 0 bridgehead atoms. The molecule has 3 aromatic rings. The van der Waals surface area contributed by atoms with Crippen molar-refractivity contribution in [3.63, 3.8) is 0 Å². The second-order valence-electron chi connectivity index (χ2n) is 6.40. The van der Waals surface area contributed by atoms with Crippen molar-refractivity contribution >= 4 is 5.91 Å². The molecule has 0 N–H and O–H groups in total. The molecule has 7 nitrogen and oxygen atoms in total. The van der Waals surface area contributed by atoms with Crippen LogP contribution >= 0.6 is 0 Å². The van der Waals surface area contributed by atoms with E-state index in [2.05, 4.69) is 22.0 Å². The fourth-order valence-corrected chi connectivity index (χ4v) is 3.30. The summed E-state index contributed by atoms with van der Waals surface area (Å²) in [4.78, 5) is 23.2. The fraction of sp³-hybridized carbons (Fsp3) is 0.333. The highest BCUT2D eigenvalue weighted by atomic mass is 16.3. The molecular formula is C18H19N5O2. The normalized spacial score (nSPS) is 20.6. The Morgan fingerprint density at radius 2 is 2.28 bits per heavy atom. The number of pyridine rings is 1. The molecule has 0 saturated carbocycles. The van der Waals surface area contributed by atoms with Gasteiger partial charge >= 0.3 is 0 Å². The number of furan rings is 1. The van der Waals surface area contributed by atoms with Crippen molar-refractivity contribution in [3.05, 3.63) is 60.7 Å². The quantitative estimate of drug-likeness (QED) is 0.734. The van der Waals surface area contributed by atoms with E-state index in [1.165, 1.54) is 6.33 Å². The van der Waals surface area contributed by atoms with Gasteiger partial charge in [-0.1, -0.05) is 6.92 Å². The van der Waals surface area contributed by atoms with Gasteiger partial charge in [-0.2, -0.15) is 5.10 Å². The van der Waals surface area contributed by atoms with Gasteiger partial charge in [0, 0.05) is 18.3 Å². The average Bonchev–Trinajstić information content (AvgIpc) is 3.35. The predicted octanol–water partition coefficient (Wildman–Crippen LogP) is 2.87. The lowest BCUT2D eigenvalue weighted by atomic mass is 9.90. The maximum absolute atomic E-state index is 13.1. The third-order valence-electron chi connectivity index (χ3n) is 4.64. The number of amides is 1. The van der Waals surface area contributed by atoms with Crippen molar-refractivity contribution < 1.29 is 9.21 Å². The maximum Gasteiger partial charge on any atom is 0.254 e. The number of likely N-dealkylation sites (tertiary alicyclic amines) is 1. The van der Waals surface area contributed by atoms with Gasteiger partial charge in [0.05, 0.1) is 12.3 Å². The van der Waals surface area contributed by atoms with Crippen LogP contribution in [-0.4, -0.2) is 37.1 Å². The summed E-state index contributed by atoms with van der Waals surface area (Å²) in [5.74, 6) is 1.95. The van der Waals surface area contributed by atoms with Gasteiger partial charge in [-0.15, -0.1) is 0 Å². The topological polar surface area (TPSA) is 77.1 Å². The highest BCUT2D eigenvalue weighted by Crippen LogP contribution is 2.35. The highest BCUT2D eigenvalue weighted by molar-refractivity contribution is 5.94. The molecule has 128 valence electrons.